The lowest BCUT2D eigenvalue weighted by Crippen LogP contribution is -2.42. The van der Waals surface area contributed by atoms with Gasteiger partial charge in [0, 0.05) is 13.7 Å². The van der Waals surface area contributed by atoms with E-state index in [9.17, 15) is 4.79 Å². The van der Waals surface area contributed by atoms with E-state index in [1.54, 1.807) is 7.11 Å². The van der Waals surface area contributed by atoms with Crippen LogP contribution in [0.2, 0.25) is 0 Å². The highest BCUT2D eigenvalue weighted by Gasteiger charge is 2.21. The van der Waals surface area contributed by atoms with E-state index < -0.39 is 0 Å². The average Bonchev–Trinajstić information content (AvgIpc) is 2.16. The van der Waals surface area contributed by atoms with Gasteiger partial charge in [0.05, 0.1) is 7.11 Å². The minimum Gasteiger partial charge on any atom is -0.468 e. The number of carbonyl (C=O) groups is 1. The summed E-state index contributed by atoms with van der Waals surface area (Å²) in [5.41, 5.74) is 0. The van der Waals surface area contributed by atoms with Crippen molar-refractivity contribution in [3.8, 4) is 0 Å². The number of esters is 1. The van der Waals surface area contributed by atoms with Gasteiger partial charge in [-0.1, -0.05) is 13.8 Å². The lowest BCUT2D eigenvalue weighted by molar-refractivity contribution is -0.144. The van der Waals surface area contributed by atoms with Crippen molar-refractivity contribution in [2.24, 2.45) is 5.92 Å². The van der Waals surface area contributed by atoms with Crippen LogP contribution in [0.15, 0.2) is 0 Å². The number of carbonyl (C=O) groups excluding carboxylic acids is 1. The molecule has 1 unspecified atom stereocenters. The fourth-order valence-corrected chi connectivity index (χ4v) is 1.19. The Balaban J connectivity index is 3.80. The molecule has 0 aliphatic heterocycles. The van der Waals surface area contributed by atoms with Crippen LogP contribution in [0.5, 0.6) is 0 Å². The Bertz CT molecular complexity index is 159. The molecule has 0 aromatic rings. The summed E-state index contributed by atoms with van der Waals surface area (Å²) in [4.78, 5) is 11.3. The highest BCUT2D eigenvalue weighted by Crippen LogP contribution is 2.03. The van der Waals surface area contributed by atoms with Crippen molar-refractivity contribution in [3.63, 3.8) is 0 Å². The summed E-state index contributed by atoms with van der Waals surface area (Å²) in [7, 11) is 3.08. The molecule has 0 fully saturated rings. The van der Waals surface area contributed by atoms with Gasteiger partial charge < -0.3 is 14.8 Å². The van der Waals surface area contributed by atoms with E-state index >= 15 is 0 Å². The van der Waals surface area contributed by atoms with Crippen LogP contribution in [-0.2, 0) is 14.3 Å². The normalized spacial score (nSPS) is 12.9. The van der Waals surface area contributed by atoms with E-state index in [1.165, 1.54) is 7.11 Å². The van der Waals surface area contributed by atoms with Gasteiger partial charge in [-0.25, -0.2) is 0 Å². The zero-order valence-electron chi connectivity index (χ0n) is 9.50. The van der Waals surface area contributed by atoms with Gasteiger partial charge in [0.25, 0.3) is 0 Å². The van der Waals surface area contributed by atoms with E-state index in [1.807, 2.05) is 13.8 Å². The van der Waals surface area contributed by atoms with E-state index in [0.29, 0.717) is 6.61 Å². The summed E-state index contributed by atoms with van der Waals surface area (Å²) >= 11 is 0. The van der Waals surface area contributed by atoms with Crippen LogP contribution in [0.25, 0.3) is 0 Å². The van der Waals surface area contributed by atoms with Gasteiger partial charge in [-0.3, -0.25) is 4.79 Å². The number of methoxy groups -OCH3 is 2. The third-order valence-corrected chi connectivity index (χ3v) is 2.01. The smallest absolute Gasteiger partial charge is 0.323 e. The summed E-state index contributed by atoms with van der Waals surface area (Å²) in [6.07, 6.45) is 0.900. The van der Waals surface area contributed by atoms with Gasteiger partial charge in [0.2, 0.25) is 0 Å². The molecule has 0 aromatic heterocycles. The fraction of sp³-hybridized carbons (Fsp3) is 0.900. The van der Waals surface area contributed by atoms with Crippen molar-refractivity contribution >= 4 is 5.97 Å². The third kappa shape index (κ3) is 5.19. The second-order valence-corrected chi connectivity index (χ2v) is 3.55. The van der Waals surface area contributed by atoms with E-state index in [2.05, 4.69) is 5.32 Å². The lowest BCUT2D eigenvalue weighted by atomic mass is 10.0. The topological polar surface area (TPSA) is 47.6 Å². The lowest BCUT2D eigenvalue weighted by Gasteiger charge is -2.19. The zero-order valence-corrected chi connectivity index (χ0v) is 9.50. The molecule has 0 amide bonds. The Morgan fingerprint density at radius 2 is 2.00 bits per heavy atom. The van der Waals surface area contributed by atoms with Crippen LogP contribution >= 0.6 is 0 Å². The molecule has 4 heteroatoms. The number of hydrogen-bond acceptors (Lipinski definition) is 4. The molecule has 4 nitrogen and oxygen atoms in total. The van der Waals surface area contributed by atoms with Crippen molar-refractivity contribution in [3.05, 3.63) is 0 Å². The number of nitrogens with one attached hydrogen (secondary N) is 1. The molecule has 14 heavy (non-hydrogen) atoms. The van der Waals surface area contributed by atoms with E-state index in [-0.39, 0.29) is 17.9 Å². The van der Waals surface area contributed by atoms with Crippen molar-refractivity contribution < 1.29 is 14.3 Å². The minimum atomic E-state index is -0.211. The zero-order chi connectivity index (χ0) is 11.0. The predicted molar refractivity (Wildman–Crippen MR) is 55.1 cm³/mol. The quantitative estimate of drug-likeness (QED) is 0.491. The third-order valence-electron chi connectivity index (χ3n) is 2.01. The average molecular weight is 203 g/mol. The van der Waals surface area contributed by atoms with Crippen LogP contribution in [0.1, 0.15) is 20.3 Å². The van der Waals surface area contributed by atoms with Crippen molar-refractivity contribution in [1.82, 2.24) is 5.32 Å². The maximum Gasteiger partial charge on any atom is 0.323 e. The Labute approximate surface area is 86.0 Å². The van der Waals surface area contributed by atoms with Crippen LogP contribution in [0, 0.1) is 5.92 Å². The molecule has 0 aliphatic carbocycles. The molecule has 0 bridgehead atoms. The Kier molecular flexibility index (Phi) is 7.42. The largest absolute Gasteiger partial charge is 0.468 e. The number of rotatable bonds is 7. The molecular weight excluding hydrogens is 182 g/mol. The molecule has 0 aliphatic rings. The van der Waals surface area contributed by atoms with E-state index in [0.717, 1.165) is 13.0 Å². The number of hydrogen-bond donors (Lipinski definition) is 1. The molecule has 84 valence electrons. The molecule has 1 atom stereocenters. The standard InChI is InChI=1S/C10H21NO3/c1-8(2)9(10(12)14-4)11-6-5-7-13-3/h8-9,11H,5-7H2,1-4H3. The SMILES string of the molecule is COCCCNC(C(=O)OC)C(C)C. The first kappa shape index (κ1) is 13.4. The molecule has 0 saturated carbocycles. The molecule has 0 heterocycles. The molecule has 0 rings (SSSR count). The van der Waals surface area contributed by atoms with Crippen LogP contribution in [0.3, 0.4) is 0 Å². The Hall–Kier alpha value is -0.610. The molecule has 0 radical (unpaired) electrons. The van der Waals surface area contributed by atoms with Gasteiger partial charge in [-0.15, -0.1) is 0 Å². The molecule has 0 saturated heterocycles. The maximum absolute atomic E-state index is 11.3. The van der Waals surface area contributed by atoms with Gasteiger partial charge in [0.15, 0.2) is 0 Å². The summed E-state index contributed by atoms with van der Waals surface area (Å²) in [5.74, 6) is 0.0439. The highest BCUT2D eigenvalue weighted by atomic mass is 16.5. The first-order valence-corrected chi connectivity index (χ1v) is 4.93. The maximum atomic E-state index is 11.3. The van der Waals surface area contributed by atoms with Crippen molar-refractivity contribution in [2.45, 2.75) is 26.3 Å². The monoisotopic (exact) mass is 203 g/mol. The highest BCUT2D eigenvalue weighted by molar-refractivity contribution is 5.75. The van der Waals surface area contributed by atoms with Crippen LogP contribution in [-0.4, -0.2) is 39.4 Å². The van der Waals surface area contributed by atoms with E-state index in [4.69, 9.17) is 9.47 Å². The van der Waals surface area contributed by atoms with Gasteiger partial charge in [-0.05, 0) is 18.9 Å². The molecule has 0 aromatic carbocycles. The van der Waals surface area contributed by atoms with Gasteiger partial charge >= 0.3 is 5.97 Å². The van der Waals surface area contributed by atoms with Crippen molar-refractivity contribution in [2.75, 3.05) is 27.4 Å². The first-order valence-electron chi connectivity index (χ1n) is 4.93. The molecule has 0 spiro atoms. The number of ether oxygens (including phenoxy) is 2. The minimum absolute atomic E-state index is 0.197. The molecule has 1 N–H and O–H groups in total. The Morgan fingerprint density at radius 3 is 2.43 bits per heavy atom. The van der Waals surface area contributed by atoms with Gasteiger partial charge in [-0.2, -0.15) is 0 Å². The second-order valence-electron chi connectivity index (χ2n) is 3.55. The first-order chi connectivity index (χ1) is 6.63. The second kappa shape index (κ2) is 7.76. The Morgan fingerprint density at radius 1 is 1.36 bits per heavy atom. The summed E-state index contributed by atoms with van der Waals surface area (Å²) in [6, 6.07) is -0.211. The predicted octanol–water partition coefficient (Wildman–Crippen LogP) is 0.810. The van der Waals surface area contributed by atoms with Crippen LogP contribution < -0.4 is 5.32 Å². The van der Waals surface area contributed by atoms with Crippen molar-refractivity contribution in [1.29, 1.82) is 0 Å². The van der Waals surface area contributed by atoms with Gasteiger partial charge in [0.1, 0.15) is 6.04 Å². The van der Waals surface area contributed by atoms with Crippen LogP contribution in [0.4, 0.5) is 0 Å². The summed E-state index contributed by atoms with van der Waals surface area (Å²) in [5, 5.41) is 3.15. The fourth-order valence-electron chi connectivity index (χ4n) is 1.19. The summed E-state index contributed by atoms with van der Waals surface area (Å²) in [6.45, 7) is 5.46. The molecular formula is C10H21NO3. The summed E-state index contributed by atoms with van der Waals surface area (Å²) < 4.78 is 9.61.